The zero-order chi connectivity index (χ0) is 8.81. The van der Waals surface area contributed by atoms with Crippen LogP contribution in [-0.2, 0) is 5.75 Å². The molecule has 2 nitrogen and oxygen atoms in total. The Labute approximate surface area is 77.0 Å². The van der Waals surface area contributed by atoms with Crippen molar-refractivity contribution in [3.8, 4) is 0 Å². The molecule has 0 radical (unpaired) electrons. The lowest BCUT2D eigenvalue weighted by molar-refractivity contribution is 0.322. The van der Waals surface area contributed by atoms with Crippen LogP contribution in [0.25, 0.3) is 0 Å². The topological polar surface area (TPSA) is 33.1 Å². The summed E-state index contributed by atoms with van der Waals surface area (Å²) in [6, 6.07) is 4.00. The summed E-state index contributed by atoms with van der Waals surface area (Å²) in [5.74, 6) is 1.68. The highest BCUT2D eigenvalue weighted by molar-refractivity contribution is 7.98. The molecule has 0 aliphatic carbocycles. The molecular formula is C9H13NOS. The van der Waals surface area contributed by atoms with Crippen LogP contribution >= 0.6 is 11.8 Å². The van der Waals surface area contributed by atoms with Gasteiger partial charge in [0.05, 0.1) is 12.3 Å². The maximum Gasteiger partial charge on any atom is 0.0531 e. The Hall–Kier alpha value is -0.540. The van der Waals surface area contributed by atoms with Gasteiger partial charge in [0.1, 0.15) is 0 Å². The van der Waals surface area contributed by atoms with Gasteiger partial charge in [-0.05, 0) is 18.6 Å². The van der Waals surface area contributed by atoms with E-state index in [1.165, 1.54) is 5.56 Å². The highest BCUT2D eigenvalue weighted by Crippen LogP contribution is 2.12. The summed E-state index contributed by atoms with van der Waals surface area (Å²) < 4.78 is 0. The number of rotatable bonds is 4. The van der Waals surface area contributed by atoms with E-state index in [0.29, 0.717) is 0 Å². The van der Waals surface area contributed by atoms with Crippen LogP contribution in [-0.4, -0.2) is 22.5 Å². The fourth-order valence-corrected chi connectivity index (χ4v) is 1.67. The lowest BCUT2D eigenvalue weighted by Crippen LogP contribution is -1.93. The van der Waals surface area contributed by atoms with E-state index in [4.69, 9.17) is 5.11 Å². The van der Waals surface area contributed by atoms with Gasteiger partial charge in [0, 0.05) is 17.7 Å². The minimum absolute atomic E-state index is 0.247. The number of aliphatic hydroxyl groups is 1. The third-order valence-corrected chi connectivity index (χ3v) is 2.54. The minimum atomic E-state index is 0.247. The number of thioether (sulfide) groups is 1. The standard InChI is InChI=1S/C9H13NOS/c1-8-3-2-4-10-9(8)7-12-6-5-11/h2-4,11H,5-7H2,1H3. The van der Waals surface area contributed by atoms with Gasteiger partial charge in [-0.2, -0.15) is 11.8 Å². The lowest BCUT2D eigenvalue weighted by Gasteiger charge is -2.02. The predicted molar refractivity (Wildman–Crippen MR) is 52.2 cm³/mol. The molecule has 0 aliphatic rings. The molecule has 1 rings (SSSR count). The molecule has 0 aromatic carbocycles. The number of nitrogens with zero attached hydrogens (tertiary/aromatic N) is 1. The number of aliphatic hydroxyl groups excluding tert-OH is 1. The summed E-state index contributed by atoms with van der Waals surface area (Å²) in [5.41, 5.74) is 2.35. The molecule has 0 aliphatic heterocycles. The highest BCUT2D eigenvalue weighted by Gasteiger charge is 1.97. The Kier molecular flexibility index (Phi) is 4.11. The molecule has 0 fully saturated rings. The van der Waals surface area contributed by atoms with Crippen molar-refractivity contribution < 1.29 is 5.11 Å². The molecule has 12 heavy (non-hydrogen) atoms. The Morgan fingerprint density at radius 2 is 2.42 bits per heavy atom. The smallest absolute Gasteiger partial charge is 0.0531 e. The molecule has 0 bridgehead atoms. The second-order valence-electron chi connectivity index (χ2n) is 2.54. The molecule has 0 unspecified atom stereocenters. The summed E-state index contributed by atoms with van der Waals surface area (Å²) in [7, 11) is 0. The summed E-state index contributed by atoms with van der Waals surface area (Å²) in [4.78, 5) is 4.25. The second kappa shape index (κ2) is 5.17. The van der Waals surface area contributed by atoms with Gasteiger partial charge in [0.25, 0.3) is 0 Å². The van der Waals surface area contributed by atoms with Gasteiger partial charge in [-0.25, -0.2) is 0 Å². The quantitative estimate of drug-likeness (QED) is 0.720. The first kappa shape index (κ1) is 9.55. The van der Waals surface area contributed by atoms with Crippen LogP contribution < -0.4 is 0 Å². The van der Waals surface area contributed by atoms with Crippen LogP contribution in [0.1, 0.15) is 11.3 Å². The maximum absolute atomic E-state index is 8.57. The number of hydrogen-bond acceptors (Lipinski definition) is 3. The fraction of sp³-hybridized carbons (Fsp3) is 0.444. The van der Waals surface area contributed by atoms with Crippen LogP contribution in [0.2, 0.25) is 0 Å². The van der Waals surface area contributed by atoms with Gasteiger partial charge >= 0.3 is 0 Å². The van der Waals surface area contributed by atoms with Crippen molar-refractivity contribution in [2.45, 2.75) is 12.7 Å². The largest absolute Gasteiger partial charge is 0.396 e. The Balaban J connectivity index is 2.46. The van der Waals surface area contributed by atoms with Crippen LogP contribution in [0.4, 0.5) is 0 Å². The molecule has 0 saturated heterocycles. The van der Waals surface area contributed by atoms with E-state index < -0.39 is 0 Å². The summed E-state index contributed by atoms with van der Waals surface area (Å²) in [6.07, 6.45) is 1.81. The maximum atomic E-state index is 8.57. The van der Waals surface area contributed by atoms with Crippen molar-refractivity contribution in [2.75, 3.05) is 12.4 Å². The molecule has 1 aromatic rings. The van der Waals surface area contributed by atoms with E-state index in [-0.39, 0.29) is 6.61 Å². The molecule has 0 spiro atoms. The molecule has 0 atom stereocenters. The SMILES string of the molecule is Cc1cccnc1CSCCO. The van der Waals surface area contributed by atoms with Gasteiger partial charge in [0.2, 0.25) is 0 Å². The Bertz CT molecular complexity index is 240. The van der Waals surface area contributed by atoms with Crippen molar-refractivity contribution >= 4 is 11.8 Å². The third-order valence-electron chi connectivity index (χ3n) is 1.59. The Morgan fingerprint density at radius 3 is 3.08 bits per heavy atom. The second-order valence-corrected chi connectivity index (χ2v) is 3.65. The first-order valence-electron chi connectivity index (χ1n) is 3.93. The zero-order valence-corrected chi connectivity index (χ0v) is 7.97. The van der Waals surface area contributed by atoms with Crippen LogP contribution in [0.15, 0.2) is 18.3 Å². The normalized spacial score (nSPS) is 10.2. The monoisotopic (exact) mass is 183 g/mol. The molecule has 3 heteroatoms. The third kappa shape index (κ3) is 2.83. The van der Waals surface area contributed by atoms with Crippen LogP contribution in [0, 0.1) is 6.92 Å². The van der Waals surface area contributed by atoms with E-state index in [2.05, 4.69) is 18.0 Å². The van der Waals surface area contributed by atoms with Gasteiger partial charge in [0.15, 0.2) is 0 Å². The van der Waals surface area contributed by atoms with E-state index in [1.807, 2.05) is 12.3 Å². The molecule has 1 N–H and O–H groups in total. The lowest BCUT2D eigenvalue weighted by atomic mass is 10.2. The first-order valence-corrected chi connectivity index (χ1v) is 5.09. The fourth-order valence-electron chi connectivity index (χ4n) is 0.903. The van der Waals surface area contributed by atoms with Crippen molar-refractivity contribution in [1.82, 2.24) is 4.98 Å². The molecular weight excluding hydrogens is 170 g/mol. The van der Waals surface area contributed by atoms with Crippen molar-refractivity contribution in [3.63, 3.8) is 0 Å². The number of hydrogen-bond donors (Lipinski definition) is 1. The average Bonchev–Trinajstić information content (AvgIpc) is 2.09. The molecule has 1 aromatic heterocycles. The van der Waals surface area contributed by atoms with Crippen molar-refractivity contribution in [1.29, 1.82) is 0 Å². The van der Waals surface area contributed by atoms with Crippen molar-refractivity contribution in [2.24, 2.45) is 0 Å². The predicted octanol–water partition coefficient (Wildman–Crippen LogP) is 1.62. The van der Waals surface area contributed by atoms with Gasteiger partial charge in [-0.3, -0.25) is 4.98 Å². The van der Waals surface area contributed by atoms with E-state index in [1.54, 1.807) is 11.8 Å². The van der Waals surface area contributed by atoms with Gasteiger partial charge in [-0.15, -0.1) is 0 Å². The first-order chi connectivity index (χ1) is 5.84. The summed E-state index contributed by atoms with van der Waals surface area (Å²) in [6.45, 7) is 2.30. The minimum Gasteiger partial charge on any atom is -0.396 e. The van der Waals surface area contributed by atoms with Crippen molar-refractivity contribution in [3.05, 3.63) is 29.6 Å². The molecule has 66 valence electrons. The van der Waals surface area contributed by atoms with Crippen LogP contribution in [0.5, 0.6) is 0 Å². The highest BCUT2D eigenvalue weighted by atomic mass is 32.2. The van der Waals surface area contributed by atoms with Gasteiger partial charge in [-0.1, -0.05) is 6.07 Å². The number of pyridine rings is 1. The number of aryl methyl sites for hydroxylation is 1. The van der Waals surface area contributed by atoms with E-state index >= 15 is 0 Å². The summed E-state index contributed by atoms with van der Waals surface area (Å²) >= 11 is 1.71. The van der Waals surface area contributed by atoms with E-state index in [0.717, 1.165) is 17.2 Å². The molecule has 0 saturated carbocycles. The van der Waals surface area contributed by atoms with Gasteiger partial charge < -0.3 is 5.11 Å². The molecule has 1 heterocycles. The van der Waals surface area contributed by atoms with Crippen LogP contribution in [0.3, 0.4) is 0 Å². The number of aromatic nitrogens is 1. The summed E-state index contributed by atoms with van der Waals surface area (Å²) in [5, 5.41) is 8.57. The molecule has 0 amide bonds. The van der Waals surface area contributed by atoms with E-state index in [9.17, 15) is 0 Å². The average molecular weight is 183 g/mol. The zero-order valence-electron chi connectivity index (χ0n) is 7.16. The Morgan fingerprint density at radius 1 is 1.58 bits per heavy atom.